The lowest BCUT2D eigenvalue weighted by Crippen LogP contribution is -2.20. The fraction of sp³-hybridized carbons (Fsp3) is 0.133. The second-order valence-corrected chi connectivity index (χ2v) is 9.13. The molecule has 9 nitrogen and oxygen atoms in total. The first kappa shape index (κ1) is 25.5. The number of anilines is 2. The van der Waals surface area contributed by atoms with Crippen LogP contribution < -0.4 is 20.9 Å². The number of pyridine rings is 1. The zero-order valence-corrected chi connectivity index (χ0v) is 21.7. The predicted octanol–water partition coefficient (Wildman–Crippen LogP) is 4.88. The first-order valence-electron chi connectivity index (χ1n) is 12.3. The molecule has 0 aliphatic heterocycles. The van der Waals surface area contributed by atoms with Gasteiger partial charge in [-0.15, -0.1) is 0 Å². The molecule has 196 valence electrons. The largest absolute Gasteiger partial charge is 0.508 e. The monoisotopic (exact) mass is 521 g/mol. The average Bonchev–Trinajstić information content (AvgIpc) is 2.95. The molecule has 0 saturated heterocycles. The SMILES string of the molecule is COc1ccc(CNc2ncc3cc(-c4cc(NC(=O)c5cccc(O)c5)ccc4C)n(C)c(=O)c3n2)cc1. The molecule has 3 N–H and O–H groups in total. The van der Waals surface area contributed by atoms with Crippen molar-refractivity contribution in [2.45, 2.75) is 13.5 Å². The number of rotatable bonds is 7. The molecule has 0 fully saturated rings. The van der Waals surface area contributed by atoms with Crippen LogP contribution in [0.15, 0.2) is 83.8 Å². The number of ether oxygens (including phenoxy) is 1. The van der Waals surface area contributed by atoms with Gasteiger partial charge in [0.05, 0.1) is 12.8 Å². The van der Waals surface area contributed by atoms with Crippen molar-refractivity contribution >= 4 is 28.4 Å². The van der Waals surface area contributed by atoms with E-state index in [1.54, 1.807) is 43.1 Å². The van der Waals surface area contributed by atoms with E-state index in [-0.39, 0.29) is 17.2 Å². The van der Waals surface area contributed by atoms with Crippen molar-refractivity contribution in [3.63, 3.8) is 0 Å². The second-order valence-electron chi connectivity index (χ2n) is 9.13. The number of nitrogens with one attached hydrogen (secondary N) is 2. The molecule has 2 heterocycles. The number of methoxy groups -OCH3 is 1. The van der Waals surface area contributed by atoms with E-state index in [1.807, 2.05) is 49.4 Å². The second kappa shape index (κ2) is 10.7. The average molecular weight is 522 g/mol. The van der Waals surface area contributed by atoms with E-state index in [2.05, 4.69) is 20.6 Å². The third-order valence-corrected chi connectivity index (χ3v) is 6.47. The number of hydrogen-bond acceptors (Lipinski definition) is 7. The van der Waals surface area contributed by atoms with Gasteiger partial charge in [0.1, 0.15) is 17.0 Å². The summed E-state index contributed by atoms with van der Waals surface area (Å²) in [5.41, 5.74) is 4.35. The Kier molecular flexibility index (Phi) is 6.96. The van der Waals surface area contributed by atoms with Gasteiger partial charge < -0.3 is 25.0 Å². The predicted molar refractivity (Wildman–Crippen MR) is 151 cm³/mol. The molecule has 0 unspecified atom stereocenters. The number of amides is 1. The van der Waals surface area contributed by atoms with Crippen LogP contribution in [0.2, 0.25) is 0 Å². The summed E-state index contributed by atoms with van der Waals surface area (Å²) >= 11 is 0. The number of nitrogens with zero attached hydrogens (tertiary/aromatic N) is 3. The number of carbonyl (C=O) groups is 1. The van der Waals surface area contributed by atoms with E-state index in [0.717, 1.165) is 22.4 Å². The van der Waals surface area contributed by atoms with Gasteiger partial charge >= 0.3 is 0 Å². The van der Waals surface area contributed by atoms with Crippen LogP contribution in [0.5, 0.6) is 11.5 Å². The normalized spacial score (nSPS) is 10.8. The maximum Gasteiger partial charge on any atom is 0.277 e. The van der Waals surface area contributed by atoms with E-state index in [1.165, 1.54) is 12.1 Å². The van der Waals surface area contributed by atoms with Crippen molar-refractivity contribution in [2.75, 3.05) is 17.7 Å². The van der Waals surface area contributed by atoms with Gasteiger partial charge in [0.15, 0.2) is 0 Å². The maximum absolute atomic E-state index is 13.3. The van der Waals surface area contributed by atoms with Crippen molar-refractivity contribution in [1.29, 1.82) is 0 Å². The summed E-state index contributed by atoms with van der Waals surface area (Å²) in [4.78, 5) is 34.9. The van der Waals surface area contributed by atoms with Crippen LogP contribution in [0.25, 0.3) is 22.2 Å². The molecular weight excluding hydrogens is 494 g/mol. The molecular formula is C30H27N5O4. The van der Waals surface area contributed by atoms with Crippen LogP contribution in [0, 0.1) is 6.92 Å². The molecule has 9 heteroatoms. The number of phenolic OH excluding ortho intramolecular Hbond substituents is 1. The fourth-order valence-electron chi connectivity index (χ4n) is 4.27. The molecule has 5 rings (SSSR count). The fourth-order valence-corrected chi connectivity index (χ4v) is 4.27. The Morgan fingerprint density at radius 2 is 1.85 bits per heavy atom. The molecule has 2 aromatic heterocycles. The Labute approximate surface area is 224 Å². The highest BCUT2D eigenvalue weighted by atomic mass is 16.5. The van der Waals surface area contributed by atoms with Gasteiger partial charge in [-0.05, 0) is 66.6 Å². The Hall–Kier alpha value is -5.18. The highest BCUT2D eigenvalue weighted by molar-refractivity contribution is 6.04. The third-order valence-electron chi connectivity index (χ3n) is 6.47. The summed E-state index contributed by atoms with van der Waals surface area (Å²) in [7, 11) is 3.32. The van der Waals surface area contributed by atoms with Crippen LogP contribution >= 0.6 is 0 Å². The van der Waals surface area contributed by atoms with Gasteiger partial charge in [-0.2, -0.15) is 0 Å². The minimum Gasteiger partial charge on any atom is -0.508 e. The molecule has 0 radical (unpaired) electrons. The molecule has 39 heavy (non-hydrogen) atoms. The first-order chi connectivity index (χ1) is 18.8. The van der Waals surface area contributed by atoms with Crippen molar-refractivity contribution in [2.24, 2.45) is 7.05 Å². The Morgan fingerprint density at radius 3 is 2.59 bits per heavy atom. The number of aryl methyl sites for hydroxylation is 1. The van der Waals surface area contributed by atoms with Crippen molar-refractivity contribution in [3.05, 3.63) is 106 Å². The lowest BCUT2D eigenvalue weighted by Gasteiger charge is -2.15. The highest BCUT2D eigenvalue weighted by Gasteiger charge is 2.15. The van der Waals surface area contributed by atoms with Crippen LogP contribution in [0.3, 0.4) is 0 Å². The topological polar surface area (TPSA) is 118 Å². The van der Waals surface area contributed by atoms with Crippen molar-refractivity contribution < 1.29 is 14.6 Å². The van der Waals surface area contributed by atoms with Crippen LogP contribution in [-0.2, 0) is 13.6 Å². The van der Waals surface area contributed by atoms with Gasteiger partial charge in [-0.1, -0.05) is 24.3 Å². The first-order valence-corrected chi connectivity index (χ1v) is 12.3. The number of hydrogen-bond donors (Lipinski definition) is 3. The van der Waals surface area contributed by atoms with E-state index >= 15 is 0 Å². The van der Waals surface area contributed by atoms with Gasteiger partial charge in [0.25, 0.3) is 11.5 Å². The molecule has 0 bridgehead atoms. The number of benzene rings is 3. The lowest BCUT2D eigenvalue weighted by atomic mass is 10.0. The molecule has 0 saturated carbocycles. The van der Waals surface area contributed by atoms with E-state index in [4.69, 9.17) is 4.74 Å². The molecule has 0 atom stereocenters. The van der Waals surface area contributed by atoms with E-state index < -0.39 is 0 Å². The molecule has 0 aliphatic rings. The molecule has 0 spiro atoms. The summed E-state index contributed by atoms with van der Waals surface area (Å²) in [5.74, 6) is 0.798. The van der Waals surface area contributed by atoms with Gasteiger partial charge in [0.2, 0.25) is 5.95 Å². The minimum atomic E-state index is -0.351. The standard InChI is InChI=1S/C30H27N5O4/c1-18-7-10-22(33-28(37)20-5-4-6-23(36)13-20)15-25(18)26-14-21-17-32-30(34-27(21)29(38)35(26)2)31-16-19-8-11-24(39-3)12-9-19/h4-15,17,36H,16H2,1-3H3,(H,33,37)(H,31,32,34). The lowest BCUT2D eigenvalue weighted by molar-refractivity contribution is 0.102. The van der Waals surface area contributed by atoms with Crippen molar-refractivity contribution in [3.8, 4) is 22.8 Å². The Bertz CT molecular complexity index is 1750. The zero-order chi connectivity index (χ0) is 27.5. The zero-order valence-electron chi connectivity index (χ0n) is 21.7. The summed E-state index contributed by atoms with van der Waals surface area (Å²) in [6.07, 6.45) is 1.63. The van der Waals surface area contributed by atoms with Crippen LogP contribution in [0.1, 0.15) is 21.5 Å². The smallest absolute Gasteiger partial charge is 0.277 e. The number of fused-ring (bicyclic) bond motifs is 1. The minimum absolute atomic E-state index is 0.0136. The summed E-state index contributed by atoms with van der Waals surface area (Å²) < 4.78 is 6.74. The van der Waals surface area contributed by atoms with Crippen LogP contribution in [0.4, 0.5) is 11.6 Å². The Balaban J connectivity index is 1.42. The van der Waals surface area contributed by atoms with Crippen LogP contribution in [-0.4, -0.2) is 32.7 Å². The Morgan fingerprint density at radius 1 is 1.05 bits per heavy atom. The van der Waals surface area contributed by atoms with Crippen molar-refractivity contribution in [1.82, 2.24) is 14.5 Å². The number of phenols is 1. The molecule has 5 aromatic rings. The summed E-state index contributed by atoms with van der Waals surface area (Å²) in [6, 6.07) is 21.1. The molecule has 1 amide bonds. The third kappa shape index (κ3) is 5.42. The highest BCUT2D eigenvalue weighted by Crippen LogP contribution is 2.28. The van der Waals surface area contributed by atoms with Gasteiger partial charge in [-0.3, -0.25) is 9.59 Å². The summed E-state index contributed by atoms with van der Waals surface area (Å²) in [6.45, 7) is 2.43. The van der Waals surface area contributed by atoms with E-state index in [9.17, 15) is 14.7 Å². The molecule has 3 aromatic carbocycles. The number of carbonyl (C=O) groups excluding carboxylic acids is 1. The quantitative estimate of drug-likeness (QED) is 0.279. The maximum atomic E-state index is 13.3. The summed E-state index contributed by atoms with van der Waals surface area (Å²) in [5, 5.41) is 16.3. The van der Waals surface area contributed by atoms with Gasteiger partial charge in [0, 0.05) is 42.0 Å². The van der Waals surface area contributed by atoms with E-state index in [0.29, 0.717) is 40.3 Å². The van der Waals surface area contributed by atoms with Gasteiger partial charge in [-0.25, -0.2) is 9.97 Å². The number of aromatic nitrogens is 3. The molecule has 0 aliphatic carbocycles. The number of aromatic hydroxyl groups is 1.